The van der Waals surface area contributed by atoms with E-state index in [1.807, 2.05) is 22.6 Å². The number of rotatable bonds is 3. The van der Waals surface area contributed by atoms with Crippen LogP contribution in [-0.4, -0.2) is 32.0 Å². The number of carbonyl (C=O) groups is 2. The zero-order chi connectivity index (χ0) is 17.8. The van der Waals surface area contributed by atoms with Gasteiger partial charge in [0.1, 0.15) is 12.1 Å². The van der Waals surface area contributed by atoms with Gasteiger partial charge < -0.3 is 0 Å². The molecular weight excluding hydrogens is 442 g/mol. The van der Waals surface area contributed by atoms with Crippen molar-refractivity contribution in [2.45, 2.75) is 0 Å². The molecule has 0 aliphatic carbocycles. The number of nitrogens with one attached hydrogen (secondary N) is 2. The van der Waals surface area contributed by atoms with Gasteiger partial charge in [-0.2, -0.15) is 0 Å². The number of tetrazole rings is 1. The first-order chi connectivity index (χ1) is 12.0. The number of hydrogen-bond acceptors (Lipinski definition) is 5. The Kier molecular flexibility index (Phi) is 4.97. The van der Waals surface area contributed by atoms with Gasteiger partial charge in [0.15, 0.2) is 0 Å². The maximum absolute atomic E-state index is 13.1. The standard InChI is InChI=1S/C15H10FIN6O2/c16-10-3-6-12(13(17)7-10)15(25)20-19-14(24)9-1-4-11(5-2-9)23-8-18-21-22-23/h1-8H,(H,19,24)(H,20,25). The Morgan fingerprint density at radius 2 is 1.76 bits per heavy atom. The van der Waals surface area contributed by atoms with Gasteiger partial charge >= 0.3 is 0 Å². The van der Waals surface area contributed by atoms with Crippen molar-refractivity contribution < 1.29 is 14.0 Å². The Bertz CT molecular complexity index is 914. The van der Waals surface area contributed by atoms with Gasteiger partial charge in [0.25, 0.3) is 11.8 Å². The van der Waals surface area contributed by atoms with Crippen molar-refractivity contribution in [1.29, 1.82) is 0 Å². The normalized spacial score (nSPS) is 10.3. The van der Waals surface area contributed by atoms with Crippen molar-refractivity contribution in [3.05, 3.63) is 69.3 Å². The molecular formula is C15H10FIN6O2. The summed E-state index contributed by atoms with van der Waals surface area (Å²) in [6, 6.07) is 10.2. The summed E-state index contributed by atoms with van der Waals surface area (Å²) in [6.45, 7) is 0. The molecule has 0 radical (unpaired) electrons. The van der Waals surface area contributed by atoms with Crippen LogP contribution in [-0.2, 0) is 0 Å². The largest absolute Gasteiger partial charge is 0.270 e. The number of halogens is 2. The third-order valence-corrected chi connectivity index (χ3v) is 4.10. The van der Waals surface area contributed by atoms with E-state index in [4.69, 9.17) is 0 Å². The molecule has 25 heavy (non-hydrogen) atoms. The number of hydrazine groups is 1. The first kappa shape index (κ1) is 17.0. The molecule has 0 unspecified atom stereocenters. The topological polar surface area (TPSA) is 102 Å². The van der Waals surface area contributed by atoms with Crippen molar-refractivity contribution in [2.24, 2.45) is 0 Å². The third kappa shape index (κ3) is 3.96. The molecule has 10 heteroatoms. The van der Waals surface area contributed by atoms with Crippen molar-refractivity contribution in [1.82, 2.24) is 31.1 Å². The number of carbonyl (C=O) groups excluding carboxylic acids is 2. The van der Waals surface area contributed by atoms with E-state index < -0.39 is 17.6 Å². The molecule has 0 atom stereocenters. The minimum atomic E-state index is -0.539. The molecule has 2 amide bonds. The zero-order valence-corrected chi connectivity index (χ0v) is 14.6. The van der Waals surface area contributed by atoms with E-state index in [0.717, 1.165) is 0 Å². The molecule has 0 fully saturated rings. The smallest absolute Gasteiger partial charge is 0.267 e. The van der Waals surface area contributed by atoms with Gasteiger partial charge in [-0.15, -0.1) is 5.10 Å². The summed E-state index contributed by atoms with van der Waals surface area (Å²) >= 11 is 1.85. The van der Waals surface area contributed by atoms with Crippen LogP contribution in [0.15, 0.2) is 48.8 Å². The highest BCUT2D eigenvalue weighted by Gasteiger charge is 2.12. The number of benzene rings is 2. The lowest BCUT2D eigenvalue weighted by atomic mass is 10.2. The molecule has 126 valence electrons. The summed E-state index contributed by atoms with van der Waals surface area (Å²) < 4.78 is 14.9. The molecule has 3 rings (SSSR count). The lowest BCUT2D eigenvalue weighted by Crippen LogP contribution is -2.41. The monoisotopic (exact) mass is 452 g/mol. The number of aromatic nitrogens is 4. The summed E-state index contributed by atoms with van der Waals surface area (Å²) in [5.74, 6) is -1.47. The summed E-state index contributed by atoms with van der Waals surface area (Å²) in [4.78, 5) is 24.1. The molecule has 0 aliphatic heterocycles. The van der Waals surface area contributed by atoms with E-state index >= 15 is 0 Å². The average molecular weight is 452 g/mol. The van der Waals surface area contributed by atoms with Gasteiger partial charge in [0.2, 0.25) is 0 Å². The summed E-state index contributed by atoms with van der Waals surface area (Å²) in [5, 5.41) is 10.8. The second-order valence-corrected chi connectivity index (χ2v) is 6.00. The number of nitrogens with zero attached hydrogens (tertiary/aromatic N) is 4. The van der Waals surface area contributed by atoms with Gasteiger partial charge in [-0.25, -0.2) is 9.07 Å². The van der Waals surface area contributed by atoms with E-state index in [-0.39, 0.29) is 5.56 Å². The lowest BCUT2D eigenvalue weighted by Gasteiger charge is -2.09. The average Bonchev–Trinajstić information content (AvgIpc) is 3.14. The minimum absolute atomic E-state index is 0.260. The van der Waals surface area contributed by atoms with E-state index in [1.54, 1.807) is 24.3 Å². The summed E-state index contributed by atoms with van der Waals surface area (Å²) in [7, 11) is 0. The molecule has 8 nitrogen and oxygen atoms in total. The van der Waals surface area contributed by atoms with Gasteiger partial charge in [-0.05, 0) is 75.5 Å². The Labute approximate surface area is 154 Å². The van der Waals surface area contributed by atoms with E-state index in [1.165, 1.54) is 29.2 Å². The van der Waals surface area contributed by atoms with Crippen molar-refractivity contribution in [3.63, 3.8) is 0 Å². The molecule has 0 saturated carbocycles. The molecule has 3 aromatic rings. The first-order valence-corrected chi connectivity index (χ1v) is 8.01. The predicted molar refractivity (Wildman–Crippen MR) is 93.2 cm³/mol. The van der Waals surface area contributed by atoms with E-state index in [0.29, 0.717) is 14.8 Å². The van der Waals surface area contributed by atoms with Crippen LogP contribution < -0.4 is 10.9 Å². The highest BCUT2D eigenvalue weighted by atomic mass is 127. The van der Waals surface area contributed by atoms with E-state index in [2.05, 4.69) is 26.4 Å². The van der Waals surface area contributed by atoms with Crippen LogP contribution in [0.25, 0.3) is 5.69 Å². The van der Waals surface area contributed by atoms with Crippen molar-refractivity contribution in [2.75, 3.05) is 0 Å². The quantitative estimate of drug-likeness (QED) is 0.463. The summed E-state index contributed by atoms with van der Waals surface area (Å²) in [5.41, 5.74) is 5.89. The highest BCUT2D eigenvalue weighted by molar-refractivity contribution is 14.1. The van der Waals surface area contributed by atoms with Crippen LogP contribution in [0, 0.1) is 9.39 Å². The van der Waals surface area contributed by atoms with Crippen LogP contribution in [0.2, 0.25) is 0 Å². The Hall–Kier alpha value is -2.89. The molecule has 1 aromatic heterocycles. The second-order valence-electron chi connectivity index (χ2n) is 4.83. The number of amides is 2. The molecule has 0 saturated heterocycles. The lowest BCUT2D eigenvalue weighted by molar-refractivity contribution is 0.0846. The molecule has 1 heterocycles. The molecule has 2 aromatic carbocycles. The molecule has 2 N–H and O–H groups in total. The van der Waals surface area contributed by atoms with Crippen LogP contribution in [0.5, 0.6) is 0 Å². The maximum atomic E-state index is 13.1. The van der Waals surface area contributed by atoms with Gasteiger partial charge in [-0.3, -0.25) is 20.4 Å². The molecule has 0 aliphatic rings. The fourth-order valence-electron chi connectivity index (χ4n) is 1.97. The molecule has 0 spiro atoms. The first-order valence-electron chi connectivity index (χ1n) is 6.94. The fourth-order valence-corrected chi connectivity index (χ4v) is 2.69. The van der Waals surface area contributed by atoms with Crippen LogP contribution >= 0.6 is 22.6 Å². The van der Waals surface area contributed by atoms with Gasteiger partial charge in [0, 0.05) is 9.13 Å². The van der Waals surface area contributed by atoms with Crippen molar-refractivity contribution in [3.8, 4) is 5.69 Å². The number of hydrogen-bond donors (Lipinski definition) is 2. The second kappa shape index (κ2) is 7.34. The van der Waals surface area contributed by atoms with Gasteiger partial charge in [0.05, 0.1) is 11.3 Å². The molecule has 0 bridgehead atoms. The Balaban J connectivity index is 1.63. The Morgan fingerprint density at radius 3 is 2.40 bits per heavy atom. The third-order valence-electron chi connectivity index (χ3n) is 3.21. The Morgan fingerprint density at radius 1 is 1.04 bits per heavy atom. The summed E-state index contributed by atoms with van der Waals surface area (Å²) in [6.07, 6.45) is 1.43. The van der Waals surface area contributed by atoms with Gasteiger partial charge in [-0.1, -0.05) is 0 Å². The zero-order valence-electron chi connectivity index (χ0n) is 12.5. The predicted octanol–water partition coefficient (Wildman–Crippen LogP) is 1.48. The van der Waals surface area contributed by atoms with Crippen LogP contribution in [0.4, 0.5) is 4.39 Å². The van der Waals surface area contributed by atoms with Crippen LogP contribution in [0.3, 0.4) is 0 Å². The van der Waals surface area contributed by atoms with E-state index in [9.17, 15) is 14.0 Å². The minimum Gasteiger partial charge on any atom is -0.267 e. The fraction of sp³-hybridized carbons (Fsp3) is 0. The van der Waals surface area contributed by atoms with Crippen molar-refractivity contribution >= 4 is 34.4 Å². The highest BCUT2D eigenvalue weighted by Crippen LogP contribution is 2.13. The maximum Gasteiger partial charge on any atom is 0.270 e. The SMILES string of the molecule is O=C(NNC(=O)c1ccc(F)cc1I)c1ccc(-n2cnnn2)cc1. The van der Waals surface area contributed by atoms with Crippen LogP contribution in [0.1, 0.15) is 20.7 Å².